The maximum atomic E-state index is 12.3. The Hall–Kier alpha value is -1.73. The number of nitrogens with one attached hydrogen (secondary N) is 1. The van der Waals surface area contributed by atoms with Crippen molar-refractivity contribution in [2.75, 3.05) is 31.1 Å². The Kier molecular flexibility index (Phi) is 5.12. The van der Waals surface area contributed by atoms with E-state index in [0.717, 1.165) is 32.0 Å². The first-order chi connectivity index (χ1) is 12.3. The van der Waals surface area contributed by atoms with E-state index in [9.17, 15) is 4.79 Å². The number of piperidine rings is 1. The van der Waals surface area contributed by atoms with Crippen molar-refractivity contribution in [1.29, 1.82) is 0 Å². The monoisotopic (exact) mass is 361 g/mol. The van der Waals surface area contributed by atoms with Crippen LogP contribution in [0.1, 0.15) is 29.8 Å². The van der Waals surface area contributed by atoms with Crippen LogP contribution in [0.4, 0.5) is 0 Å². The third-order valence-corrected chi connectivity index (χ3v) is 6.27. The molecule has 2 saturated heterocycles. The van der Waals surface area contributed by atoms with Gasteiger partial charge in [-0.3, -0.25) is 9.69 Å². The molecule has 0 unspecified atom stereocenters. The Labute approximate surface area is 151 Å². The molecule has 1 N–H and O–H groups in total. The van der Waals surface area contributed by atoms with Crippen LogP contribution in [0.5, 0.6) is 0 Å². The molecule has 4 rings (SSSR count). The summed E-state index contributed by atoms with van der Waals surface area (Å²) in [6.07, 6.45) is 5.19. The summed E-state index contributed by atoms with van der Waals surface area (Å²) in [6, 6.07) is 5.94. The Morgan fingerprint density at radius 3 is 2.92 bits per heavy atom. The quantitative estimate of drug-likeness (QED) is 0.883. The molecular weight excluding hydrogens is 338 g/mol. The van der Waals surface area contributed by atoms with Crippen molar-refractivity contribution in [3.05, 3.63) is 30.2 Å². The zero-order valence-electron chi connectivity index (χ0n) is 14.1. The summed E-state index contributed by atoms with van der Waals surface area (Å²) in [5, 5.41) is 6.84. The van der Waals surface area contributed by atoms with Gasteiger partial charge < -0.3 is 14.3 Å². The number of hydrogen-bond acceptors (Lipinski definition) is 6. The molecule has 25 heavy (non-hydrogen) atoms. The summed E-state index contributed by atoms with van der Waals surface area (Å²) in [5.41, 5.74) is 0.298. The molecule has 1 atom stereocenters. The zero-order valence-corrected chi connectivity index (χ0v) is 15.0. The summed E-state index contributed by atoms with van der Waals surface area (Å²) in [7, 11) is 0. The lowest BCUT2D eigenvalue weighted by Gasteiger charge is -2.35. The number of carbonyl (C=O) groups excluding carboxylic acids is 1. The van der Waals surface area contributed by atoms with E-state index < -0.39 is 0 Å². The summed E-state index contributed by atoms with van der Waals surface area (Å²) < 4.78 is 10.4. The number of furan rings is 1. The van der Waals surface area contributed by atoms with E-state index in [-0.39, 0.29) is 5.91 Å². The van der Waals surface area contributed by atoms with Gasteiger partial charge in [0, 0.05) is 24.4 Å². The normalized spacial score (nSPS) is 22.3. The Balaban J connectivity index is 1.24. The molecule has 0 aliphatic carbocycles. The number of likely N-dealkylation sites (tertiary alicyclic amines) is 1. The minimum absolute atomic E-state index is 0.184. The average molecular weight is 361 g/mol. The van der Waals surface area contributed by atoms with Gasteiger partial charge in [-0.25, -0.2) is 0 Å². The van der Waals surface area contributed by atoms with E-state index in [1.165, 1.54) is 17.9 Å². The second kappa shape index (κ2) is 7.66. The van der Waals surface area contributed by atoms with E-state index in [1.54, 1.807) is 24.5 Å². The van der Waals surface area contributed by atoms with Crippen molar-refractivity contribution < 1.29 is 13.7 Å². The largest absolute Gasteiger partial charge is 0.461 e. The smallest absolute Gasteiger partial charge is 0.273 e. The highest BCUT2D eigenvalue weighted by Gasteiger charge is 2.27. The summed E-state index contributed by atoms with van der Waals surface area (Å²) >= 11 is 2.07. The second-order valence-electron chi connectivity index (χ2n) is 6.76. The molecule has 2 aromatic rings. The molecule has 0 saturated carbocycles. The second-order valence-corrected chi connectivity index (χ2v) is 7.91. The molecule has 2 fully saturated rings. The molecule has 2 aliphatic rings. The van der Waals surface area contributed by atoms with Gasteiger partial charge in [-0.05, 0) is 56.2 Å². The molecule has 2 aliphatic heterocycles. The minimum atomic E-state index is -0.184. The number of amides is 1. The van der Waals surface area contributed by atoms with Crippen LogP contribution in [0, 0.1) is 5.92 Å². The molecule has 4 heterocycles. The number of hydrogen-bond donors (Lipinski definition) is 1. The van der Waals surface area contributed by atoms with E-state index in [4.69, 9.17) is 8.94 Å². The van der Waals surface area contributed by atoms with Gasteiger partial charge in [0.1, 0.15) is 0 Å². The maximum absolute atomic E-state index is 12.3. The number of thioether (sulfide) groups is 1. The fourth-order valence-electron chi connectivity index (χ4n) is 3.58. The van der Waals surface area contributed by atoms with Gasteiger partial charge in [0.2, 0.25) is 5.76 Å². The van der Waals surface area contributed by atoms with Crippen molar-refractivity contribution in [2.24, 2.45) is 5.92 Å². The topological polar surface area (TPSA) is 71.5 Å². The van der Waals surface area contributed by atoms with Crippen molar-refractivity contribution >= 4 is 17.7 Å². The Morgan fingerprint density at radius 1 is 1.32 bits per heavy atom. The maximum Gasteiger partial charge on any atom is 0.273 e. The zero-order chi connectivity index (χ0) is 17.1. The lowest BCUT2D eigenvalue weighted by atomic mass is 9.95. The van der Waals surface area contributed by atoms with Crippen LogP contribution in [0.3, 0.4) is 0 Å². The third-order valence-electron chi connectivity index (χ3n) is 5.13. The highest BCUT2D eigenvalue weighted by molar-refractivity contribution is 7.99. The molecule has 0 aromatic carbocycles. The molecule has 6 nitrogen and oxygen atoms in total. The van der Waals surface area contributed by atoms with Gasteiger partial charge in [0.05, 0.1) is 6.26 Å². The fraction of sp³-hybridized carbons (Fsp3) is 0.556. The number of rotatable bonds is 5. The van der Waals surface area contributed by atoms with Crippen molar-refractivity contribution in [2.45, 2.75) is 25.3 Å². The summed E-state index contributed by atoms with van der Waals surface area (Å²) in [5.74, 6) is 3.99. The SMILES string of the molecule is O=C(NCC1CCN([C@@H]2CCSC2)CC1)c1cc(-c2ccco2)on1. The van der Waals surface area contributed by atoms with Crippen molar-refractivity contribution in [3.63, 3.8) is 0 Å². The van der Waals surface area contributed by atoms with Crippen LogP contribution in [0.2, 0.25) is 0 Å². The lowest BCUT2D eigenvalue weighted by molar-refractivity contribution is 0.0919. The van der Waals surface area contributed by atoms with Gasteiger partial charge >= 0.3 is 0 Å². The van der Waals surface area contributed by atoms with Crippen molar-refractivity contribution in [1.82, 2.24) is 15.4 Å². The van der Waals surface area contributed by atoms with Gasteiger partial charge in [0.15, 0.2) is 11.5 Å². The van der Waals surface area contributed by atoms with Gasteiger partial charge in [-0.15, -0.1) is 0 Å². The Bertz CT molecular complexity index is 686. The average Bonchev–Trinajstić information content (AvgIpc) is 3.42. The first kappa shape index (κ1) is 16.7. The summed E-state index contributed by atoms with van der Waals surface area (Å²) in [4.78, 5) is 14.9. The highest BCUT2D eigenvalue weighted by Crippen LogP contribution is 2.26. The van der Waals surface area contributed by atoms with E-state index in [1.807, 2.05) is 0 Å². The van der Waals surface area contributed by atoms with E-state index in [2.05, 4.69) is 27.1 Å². The first-order valence-electron chi connectivity index (χ1n) is 8.90. The van der Waals surface area contributed by atoms with Gasteiger partial charge in [-0.2, -0.15) is 11.8 Å². The first-order valence-corrected chi connectivity index (χ1v) is 10.1. The third kappa shape index (κ3) is 3.93. The fourth-order valence-corrected chi connectivity index (χ4v) is 4.83. The number of carbonyl (C=O) groups is 1. The molecule has 0 spiro atoms. The summed E-state index contributed by atoms with van der Waals surface area (Å²) in [6.45, 7) is 3.01. The van der Waals surface area contributed by atoms with Gasteiger partial charge in [0.25, 0.3) is 5.91 Å². The van der Waals surface area contributed by atoms with Crippen LogP contribution in [0.25, 0.3) is 11.5 Å². The van der Waals surface area contributed by atoms with E-state index in [0.29, 0.717) is 29.7 Å². The van der Waals surface area contributed by atoms with Crippen LogP contribution in [-0.4, -0.2) is 53.1 Å². The lowest BCUT2D eigenvalue weighted by Crippen LogP contribution is -2.43. The molecule has 1 amide bonds. The molecular formula is C18H23N3O3S. The van der Waals surface area contributed by atoms with Crippen LogP contribution in [0.15, 0.2) is 33.4 Å². The highest BCUT2D eigenvalue weighted by atomic mass is 32.2. The molecule has 7 heteroatoms. The molecule has 0 radical (unpaired) electrons. The van der Waals surface area contributed by atoms with E-state index >= 15 is 0 Å². The predicted molar refractivity (Wildman–Crippen MR) is 96.6 cm³/mol. The molecule has 2 aromatic heterocycles. The van der Waals surface area contributed by atoms with Crippen LogP contribution in [-0.2, 0) is 0 Å². The molecule has 0 bridgehead atoms. The number of aromatic nitrogens is 1. The Morgan fingerprint density at radius 2 is 2.20 bits per heavy atom. The number of nitrogens with zero attached hydrogens (tertiary/aromatic N) is 2. The standard InChI is InChI=1S/C18H23N3O3S/c22-18(15-10-17(24-20-15)16-2-1-8-23-16)19-11-13-3-6-21(7-4-13)14-5-9-25-12-14/h1-2,8,10,13-14H,3-7,9,11-12H2,(H,19,22)/t14-/m1/s1. The molecule has 134 valence electrons. The van der Waals surface area contributed by atoms with Crippen LogP contribution >= 0.6 is 11.8 Å². The predicted octanol–water partition coefficient (Wildman–Crippen LogP) is 2.88. The minimum Gasteiger partial charge on any atom is -0.461 e. The van der Waals surface area contributed by atoms with Crippen molar-refractivity contribution in [3.8, 4) is 11.5 Å². The van der Waals surface area contributed by atoms with Crippen LogP contribution < -0.4 is 5.32 Å². The van der Waals surface area contributed by atoms with Gasteiger partial charge in [-0.1, -0.05) is 5.16 Å².